The number of benzene rings is 1. The van der Waals surface area contributed by atoms with Crippen molar-refractivity contribution in [3.63, 3.8) is 0 Å². The lowest BCUT2D eigenvalue weighted by molar-refractivity contribution is -0.115. The van der Waals surface area contributed by atoms with Gasteiger partial charge in [-0.1, -0.05) is 54.7 Å². The number of thiophene rings is 1. The van der Waals surface area contributed by atoms with Gasteiger partial charge in [0.2, 0.25) is 5.91 Å². The van der Waals surface area contributed by atoms with E-state index in [-0.39, 0.29) is 5.91 Å². The highest BCUT2D eigenvalue weighted by atomic mass is 32.1. The number of nitrogens with one attached hydrogen (secondary N) is 1. The summed E-state index contributed by atoms with van der Waals surface area (Å²) in [4.78, 5) is 17.5. The number of nitrogens with zero attached hydrogens (tertiary/aromatic N) is 2. The highest BCUT2D eigenvalue weighted by Crippen LogP contribution is 2.36. The summed E-state index contributed by atoms with van der Waals surface area (Å²) in [7, 11) is 0. The Morgan fingerprint density at radius 3 is 2.72 bits per heavy atom. The van der Waals surface area contributed by atoms with Crippen LogP contribution in [-0.4, -0.2) is 10.9 Å². The van der Waals surface area contributed by atoms with Crippen molar-refractivity contribution in [1.29, 1.82) is 5.26 Å². The van der Waals surface area contributed by atoms with Crippen LogP contribution < -0.4 is 5.32 Å². The average Bonchev–Trinajstić information content (AvgIpc) is 3.30. The van der Waals surface area contributed by atoms with Crippen LogP contribution in [0.2, 0.25) is 0 Å². The Morgan fingerprint density at radius 1 is 1.28 bits per heavy atom. The second kappa shape index (κ2) is 7.88. The number of amides is 1. The van der Waals surface area contributed by atoms with Crippen LogP contribution in [0.3, 0.4) is 0 Å². The number of aromatic nitrogens is 1. The molecule has 25 heavy (non-hydrogen) atoms. The van der Waals surface area contributed by atoms with Crippen molar-refractivity contribution < 1.29 is 4.79 Å². The maximum Gasteiger partial charge on any atom is 0.224 e. The normalized spacial score (nSPS) is 11.1. The SMILES string of the molecule is CCC(=O)Nc1sc(/C(C#N)=C/c2cccs2)nc1-c1ccccc1. The molecule has 0 spiro atoms. The third-order valence-corrected chi connectivity index (χ3v) is 5.25. The minimum atomic E-state index is -0.0758. The summed E-state index contributed by atoms with van der Waals surface area (Å²) in [6, 6.07) is 15.8. The molecule has 1 amide bonds. The van der Waals surface area contributed by atoms with Crippen LogP contribution in [0.1, 0.15) is 23.2 Å². The molecule has 0 unspecified atom stereocenters. The van der Waals surface area contributed by atoms with Gasteiger partial charge in [0.25, 0.3) is 0 Å². The summed E-state index contributed by atoms with van der Waals surface area (Å²) in [6.07, 6.45) is 2.21. The van der Waals surface area contributed by atoms with E-state index in [0.29, 0.717) is 27.7 Å². The summed E-state index contributed by atoms with van der Waals surface area (Å²) < 4.78 is 0. The standard InChI is InChI=1S/C19H15N3OS2/c1-2-16(23)21-19-17(13-7-4-3-5-8-13)22-18(25-19)14(12-20)11-15-9-6-10-24-15/h3-11H,2H2,1H3,(H,21,23)/b14-11+. The summed E-state index contributed by atoms with van der Waals surface area (Å²) in [5, 5.41) is 15.7. The number of hydrogen-bond acceptors (Lipinski definition) is 5. The number of anilines is 1. The Bertz CT molecular complexity index is 935. The zero-order valence-corrected chi connectivity index (χ0v) is 15.2. The predicted octanol–water partition coefficient (Wildman–Crippen LogP) is 5.28. The molecular formula is C19H15N3OS2. The first-order chi connectivity index (χ1) is 12.2. The quantitative estimate of drug-likeness (QED) is 0.625. The molecule has 0 aliphatic rings. The predicted molar refractivity (Wildman–Crippen MR) is 104 cm³/mol. The van der Waals surface area contributed by atoms with Crippen LogP contribution in [0.25, 0.3) is 22.9 Å². The Morgan fingerprint density at radius 2 is 2.08 bits per heavy atom. The third kappa shape index (κ3) is 4.02. The van der Waals surface area contributed by atoms with Crippen molar-refractivity contribution in [3.05, 3.63) is 57.7 Å². The largest absolute Gasteiger partial charge is 0.316 e. The van der Waals surface area contributed by atoms with E-state index in [1.54, 1.807) is 18.3 Å². The van der Waals surface area contributed by atoms with Gasteiger partial charge in [-0.3, -0.25) is 4.79 Å². The lowest BCUT2D eigenvalue weighted by atomic mass is 10.1. The highest BCUT2D eigenvalue weighted by Gasteiger charge is 2.17. The van der Waals surface area contributed by atoms with Crippen molar-refractivity contribution in [2.75, 3.05) is 5.32 Å². The summed E-state index contributed by atoms with van der Waals surface area (Å²) >= 11 is 2.89. The second-order valence-corrected chi connectivity index (χ2v) is 7.13. The number of thiazole rings is 1. The Labute approximate surface area is 154 Å². The van der Waals surface area contributed by atoms with E-state index >= 15 is 0 Å². The number of carbonyl (C=O) groups is 1. The molecule has 0 saturated heterocycles. The maximum absolute atomic E-state index is 11.9. The van der Waals surface area contributed by atoms with E-state index in [0.717, 1.165) is 10.4 Å². The average molecular weight is 365 g/mol. The van der Waals surface area contributed by atoms with Crippen molar-refractivity contribution in [3.8, 4) is 17.3 Å². The minimum Gasteiger partial charge on any atom is -0.316 e. The summed E-state index contributed by atoms with van der Waals surface area (Å²) in [6.45, 7) is 1.80. The molecule has 0 bridgehead atoms. The summed E-state index contributed by atoms with van der Waals surface area (Å²) in [5.74, 6) is -0.0758. The van der Waals surface area contributed by atoms with Gasteiger partial charge in [-0.25, -0.2) is 4.98 Å². The number of carbonyl (C=O) groups excluding carboxylic acids is 1. The van der Waals surface area contributed by atoms with Crippen molar-refractivity contribution >= 4 is 45.2 Å². The molecule has 6 heteroatoms. The Kier molecular flexibility index (Phi) is 5.39. The van der Waals surface area contributed by atoms with Crippen LogP contribution in [0, 0.1) is 11.3 Å². The monoisotopic (exact) mass is 365 g/mol. The van der Waals surface area contributed by atoms with Crippen molar-refractivity contribution in [1.82, 2.24) is 4.98 Å². The molecule has 0 aliphatic heterocycles. The maximum atomic E-state index is 11.9. The smallest absolute Gasteiger partial charge is 0.224 e. The van der Waals surface area contributed by atoms with E-state index in [2.05, 4.69) is 16.4 Å². The molecule has 1 aromatic carbocycles. The van der Waals surface area contributed by atoms with Gasteiger partial charge in [0.05, 0.1) is 5.57 Å². The topological polar surface area (TPSA) is 65.8 Å². The molecular weight excluding hydrogens is 350 g/mol. The highest BCUT2D eigenvalue weighted by molar-refractivity contribution is 7.17. The number of hydrogen-bond donors (Lipinski definition) is 1. The fourth-order valence-electron chi connectivity index (χ4n) is 2.18. The zero-order valence-electron chi connectivity index (χ0n) is 13.5. The lowest BCUT2D eigenvalue weighted by Crippen LogP contribution is -2.08. The van der Waals surface area contributed by atoms with Gasteiger partial charge < -0.3 is 5.32 Å². The molecule has 0 saturated carbocycles. The minimum absolute atomic E-state index is 0.0758. The molecule has 2 aromatic heterocycles. The van der Waals surface area contributed by atoms with Gasteiger partial charge in [0.1, 0.15) is 21.8 Å². The van der Waals surface area contributed by atoms with Gasteiger partial charge in [0.15, 0.2) is 0 Å². The van der Waals surface area contributed by atoms with E-state index in [4.69, 9.17) is 0 Å². The van der Waals surface area contributed by atoms with Crippen LogP contribution >= 0.6 is 22.7 Å². The summed E-state index contributed by atoms with van der Waals surface area (Å²) in [5.41, 5.74) is 2.08. The molecule has 3 rings (SSSR count). The molecule has 0 radical (unpaired) electrons. The first kappa shape index (κ1) is 17.1. The first-order valence-corrected chi connectivity index (χ1v) is 9.42. The van der Waals surface area contributed by atoms with Crippen molar-refractivity contribution in [2.24, 2.45) is 0 Å². The first-order valence-electron chi connectivity index (χ1n) is 7.73. The van der Waals surface area contributed by atoms with E-state index < -0.39 is 0 Å². The van der Waals surface area contributed by atoms with E-state index in [9.17, 15) is 10.1 Å². The molecule has 2 heterocycles. The number of nitriles is 1. The second-order valence-electron chi connectivity index (χ2n) is 5.15. The van der Waals surface area contributed by atoms with Gasteiger partial charge >= 0.3 is 0 Å². The number of rotatable bonds is 5. The molecule has 0 aliphatic carbocycles. The van der Waals surface area contributed by atoms with Gasteiger partial charge in [0, 0.05) is 16.9 Å². The zero-order chi connectivity index (χ0) is 17.6. The van der Waals surface area contributed by atoms with Crippen molar-refractivity contribution in [2.45, 2.75) is 13.3 Å². The fraction of sp³-hybridized carbons (Fsp3) is 0.105. The van der Waals surface area contributed by atoms with Crippen LogP contribution in [-0.2, 0) is 4.79 Å². The van der Waals surface area contributed by atoms with Gasteiger partial charge in [-0.15, -0.1) is 11.3 Å². The van der Waals surface area contributed by atoms with Gasteiger partial charge in [-0.2, -0.15) is 5.26 Å². The van der Waals surface area contributed by atoms with E-state index in [1.165, 1.54) is 11.3 Å². The molecule has 3 aromatic rings. The third-order valence-electron chi connectivity index (χ3n) is 3.43. The fourth-order valence-corrected chi connectivity index (χ4v) is 3.81. The lowest BCUT2D eigenvalue weighted by Gasteiger charge is -2.03. The molecule has 0 fully saturated rings. The molecule has 0 atom stereocenters. The Hall–Kier alpha value is -2.75. The Balaban J connectivity index is 2.06. The molecule has 1 N–H and O–H groups in total. The van der Waals surface area contributed by atoms with Crippen LogP contribution in [0.4, 0.5) is 5.00 Å². The van der Waals surface area contributed by atoms with Gasteiger partial charge in [-0.05, 0) is 17.5 Å². The van der Waals surface area contributed by atoms with Crippen LogP contribution in [0.5, 0.6) is 0 Å². The van der Waals surface area contributed by atoms with E-state index in [1.807, 2.05) is 53.9 Å². The molecule has 4 nitrogen and oxygen atoms in total. The molecule has 124 valence electrons. The number of allylic oxidation sites excluding steroid dienone is 1. The van der Waals surface area contributed by atoms with Crippen LogP contribution in [0.15, 0.2) is 47.8 Å².